The van der Waals surface area contributed by atoms with Crippen LogP contribution in [-0.4, -0.2) is 31.3 Å². The van der Waals surface area contributed by atoms with E-state index in [0.29, 0.717) is 4.47 Å². The van der Waals surface area contributed by atoms with Gasteiger partial charge in [-0.1, -0.05) is 20.5 Å². The Kier molecular flexibility index (Phi) is 6.51. The first kappa shape index (κ1) is 20.9. The van der Waals surface area contributed by atoms with Crippen LogP contribution in [0.1, 0.15) is 5.69 Å². The molecular formula is C14H11BrF3NO5PS+. The minimum atomic E-state index is -4.78. The molecule has 140 valence electrons. The summed E-state index contributed by atoms with van der Waals surface area (Å²) in [6.45, 7) is -2.29. The average molecular weight is 473 g/mol. The second-order valence-corrected chi connectivity index (χ2v) is 9.01. The second-order valence-electron chi connectivity index (χ2n) is 4.91. The largest absolute Gasteiger partial charge is 0.435 e. The molecule has 0 radical (unpaired) electrons. The number of hydrogen-bond donors (Lipinski definition) is 1. The Morgan fingerprint density at radius 3 is 2.35 bits per heavy atom. The Hall–Kier alpha value is -1.39. The summed E-state index contributed by atoms with van der Waals surface area (Å²) < 4.78 is 76.8. The monoisotopic (exact) mass is 472 g/mol. The minimum Gasteiger partial charge on any atom is -0.390 e. The topological polar surface area (TPSA) is 93.6 Å². The van der Waals surface area contributed by atoms with E-state index in [-0.39, 0.29) is 23.0 Å². The number of aromatic nitrogens is 1. The molecule has 0 amide bonds. The lowest BCUT2D eigenvalue weighted by atomic mass is 10.4. The number of rotatable bonds is 6. The maximum Gasteiger partial charge on any atom is 0.435 e. The van der Waals surface area contributed by atoms with Gasteiger partial charge in [-0.25, -0.2) is 4.98 Å². The zero-order chi connectivity index (χ0) is 19.5. The zero-order valence-corrected chi connectivity index (χ0v) is 16.1. The molecular weight excluding hydrogens is 462 g/mol. The molecule has 6 nitrogen and oxygen atoms in total. The molecule has 0 aliphatic carbocycles. The average Bonchev–Trinajstić information content (AvgIpc) is 2.58. The molecule has 26 heavy (non-hydrogen) atoms. The molecule has 0 aliphatic heterocycles. The van der Waals surface area contributed by atoms with Crippen LogP contribution in [0.3, 0.4) is 0 Å². The molecule has 2 aromatic rings. The summed E-state index contributed by atoms with van der Waals surface area (Å²) in [5.41, 5.74) is 0.444. The van der Waals surface area contributed by atoms with Crippen molar-refractivity contribution in [2.45, 2.75) is 17.7 Å². The van der Waals surface area contributed by atoms with Crippen molar-refractivity contribution in [2.24, 2.45) is 0 Å². The van der Waals surface area contributed by atoms with Gasteiger partial charge in [0.2, 0.25) is 0 Å². The predicted octanol–water partition coefficient (Wildman–Crippen LogP) is 2.38. The molecule has 1 aromatic heterocycles. The van der Waals surface area contributed by atoms with Crippen LogP contribution >= 0.6 is 23.7 Å². The third kappa shape index (κ3) is 5.55. The standard InChI is InChI=1S/C14H11BrF3NO5PS/c15-9-5-10(7-20)19-13(6-9)25(21)11-1-3-12(4-2-11)26(22,23)24-8-14(16,17)18/h1-6,20H,7-8H2/q+1. The van der Waals surface area contributed by atoms with E-state index in [1.807, 2.05) is 0 Å². The van der Waals surface area contributed by atoms with E-state index in [1.165, 1.54) is 18.2 Å². The highest BCUT2D eigenvalue weighted by molar-refractivity contribution is 9.10. The summed E-state index contributed by atoms with van der Waals surface area (Å²) in [5.74, 6) is 0. The van der Waals surface area contributed by atoms with Gasteiger partial charge >= 0.3 is 14.0 Å². The van der Waals surface area contributed by atoms with Crippen molar-refractivity contribution in [3.05, 3.63) is 46.6 Å². The van der Waals surface area contributed by atoms with Crippen molar-refractivity contribution in [1.82, 2.24) is 4.98 Å². The van der Waals surface area contributed by atoms with E-state index >= 15 is 0 Å². The van der Waals surface area contributed by atoms with E-state index in [4.69, 9.17) is 5.11 Å². The lowest BCUT2D eigenvalue weighted by molar-refractivity contribution is -0.152. The van der Waals surface area contributed by atoms with Crippen LogP contribution in [0.25, 0.3) is 0 Å². The first-order valence-corrected chi connectivity index (χ1v) is 10.3. The van der Waals surface area contributed by atoms with Crippen molar-refractivity contribution in [1.29, 1.82) is 0 Å². The van der Waals surface area contributed by atoms with Crippen molar-refractivity contribution in [3.8, 4) is 0 Å². The fraction of sp³-hybridized carbons (Fsp3) is 0.214. The van der Waals surface area contributed by atoms with Gasteiger partial charge in [-0.05, 0) is 30.3 Å². The summed E-state index contributed by atoms with van der Waals surface area (Å²) in [6.07, 6.45) is -4.78. The van der Waals surface area contributed by atoms with Gasteiger partial charge in [0.1, 0.15) is 0 Å². The van der Waals surface area contributed by atoms with Crippen LogP contribution < -0.4 is 10.7 Å². The van der Waals surface area contributed by atoms with Gasteiger partial charge in [-0.2, -0.15) is 21.6 Å². The van der Waals surface area contributed by atoms with Crippen molar-refractivity contribution in [2.75, 3.05) is 6.61 Å². The van der Waals surface area contributed by atoms with Gasteiger partial charge in [-0.15, -0.1) is 0 Å². The van der Waals surface area contributed by atoms with E-state index in [2.05, 4.69) is 25.1 Å². The fourth-order valence-electron chi connectivity index (χ4n) is 1.81. The number of aliphatic hydroxyl groups excluding tert-OH is 1. The van der Waals surface area contributed by atoms with Crippen molar-refractivity contribution in [3.63, 3.8) is 0 Å². The molecule has 0 fully saturated rings. The number of benzene rings is 1. The van der Waals surface area contributed by atoms with E-state index in [9.17, 15) is 26.2 Å². The van der Waals surface area contributed by atoms with Gasteiger partial charge < -0.3 is 5.11 Å². The highest BCUT2D eigenvalue weighted by atomic mass is 79.9. The first-order chi connectivity index (χ1) is 12.0. The minimum absolute atomic E-state index is 0.155. The third-order valence-corrected chi connectivity index (χ3v) is 6.09. The number of alkyl halides is 3. The Balaban J connectivity index is 2.24. The second kappa shape index (κ2) is 8.10. The summed E-state index contributed by atoms with van der Waals surface area (Å²) in [7, 11) is -6.79. The third-order valence-electron chi connectivity index (χ3n) is 2.94. The summed E-state index contributed by atoms with van der Waals surface area (Å²) in [6, 6.07) is 7.42. The highest BCUT2D eigenvalue weighted by Gasteiger charge is 2.32. The molecule has 1 aromatic carbocycles. The maximum atomic E-state index is 12.5. The van der Waals surface area contributed by atoms with E-state index in [1.54, 1.807) is 6.07 Å². The molecule has 0 saturated carbocycles. The van der Waals surface area contributed by atoms with Crippen molar-refractivity contribution < 1.29 is 35.4 Å². The molecule has 1 unspecified atom stereocenters. The summed E-state index contributed by atoms with van der Waals surface area (Å²) in [5, 5.41) is 9.35. The van der Waals surface area contributed by atoms with Gasteiger partial charge in [-0.3, -0.25) is 4.18 Å². The lowest BCUT2D eigenvalue weighted by Crippen LogP contribution is -2.21. The SMILES string of the molecule is O=[P+](c1ccc(S(=O)(=O)OCC(F)(F)F)cc1)c1cc(Br)cc(CO)n1. The number of nitrogens with zero attached hydrogens (tertiary/aromatic N) is 1. The molecule has 0 bridgehead atoms. The highest BCUT2D eigenvalue weighted by Crippen LogP contribution is 2.23. The Morgan fingerprint density at radius 1 is 1.19 bits per heavy atom. The van der Waals surface area contributed by atoms with Crippen molar-refractivity contribution >= 4 is 44.6 Å². The molecule has 12 heteroatoms. The summed E-state index contributed by atoms with van der Waals surface area (Å²) >= 11 is 3.20. The Labute approximate surface area is 156 Å². The van der Waals surface area contributed by atoms with Crippen LogP contribution in [0.4, 0.5) is 13.2 Å². The molecule has 2 rings (SSSR count). The van der Waals surface area contributed by atoms with Crippen LogP contribution in [0.15, 0.2) is 45.8 Å². The lowest BCUT2D eigenvalue weighted by Gasteiger charge is -2.07. The number of hydrogen-bond acceptors (Lipinski definition) is 6. The van der Waals surface area contributed by atoms with Gasteiger partial charge in [0, 0.05) is 10.5 Å². The van der Waals surface area contributed by atoms with Crippen LogP contribution in [0.5, 0.6) is 0 Å². The number of aliphatic hydroxyl groups is 1. The van der Waals surface area contributed by atoms with E-state index in [0.717, 1.165) is 12.1 Å². The van der Waals surface area contributed by atoms with Crippen LogP contribution in [0.2, 0.25) is 0 Å². The van der Waals surface area contributed by atoms with Crippen LogP contribution in [0, 0.1) is 0 Å². The van der Waals surface area contributed by atoms with E-state index < -0.39 is 35.6 Å². The van der Waals surface area contributed by atoms with Gasteiger partial charge in [0.05, 0.1) is 17.2 Å². The molecule has 0 saturated heterocycles. The maximum absolute atomic E-state index is 12.5. The smallest absolute Gasteiger partial charge is 0.390 e. The predicted molar refractivity (Wildman–Crippen MR) is 90.4 cm³/mol. The van der Waals surface area contributed by atoms with Gasteiger partial charge in [0.15, 0.2) is 11.9 Å². The molecule has 1 atom stereocenters. The zero-order valence-electron chi connectivity index (χ0n) is 12.8. The van der Waals surface area contributed by atoms with Gasteiger partial charge in [0.25, 0.3) is 15.6 Å². The Bertz CT molecular complexity index is 919. The van der Waals surface area contributed by atoms with Crippen LogP contribution in [-0.2, 0) is 25.5 Å². The fourth-order valence-corrected chi connectivity index (χ4v) is 4.53. The molecule has 1 heterocycles. The number of pyridine rings is 1. The quantitative estimate of drug-likeness (QED) is 0.512. The normalized spacial score (nSPS) is 12.9. The first-order valence-electron chi connectivity index (χ1n) is 6.83. The molecule has 1 N–H and O–H groups in total. The molecule has 0 spiro atoms. The summed E-state index contributed by atoms with van der Waals surface area (Å²) in [4.78, 5) is 3.53. The Morgan fingerprint density at radius 2 is 1.81 bits per heavy atom. The number of halogens is 4. The molecule has 0 aliphatic rings.